The van der Waals surface area contributed by atoms with Crippen molar-refractivity contribution in [3.63, 3.8) is 0 Å². The molecular formula is C9H10N2O. The van der Waals surface area contributed by atoms with Crippen molar-refractivity contribution < 1.29 is 4.42 Å². The lowest BCUT2D eigenvalue weighted by Crippen LogP contribution is -1.89. The van der Waals surface area contributed by atoms with Crippen LogP contribution in [0, 0.1) is 6.92 Å². The van der Waals surface area contributed by atoms with Gasteiger partial charge in [-0.25, -0.2) is 4.98 Å². The van der Waals surface area contributed by atoms with Crippen LogP contribution in [0.4, 0.5) is 0 Å². The maximum Gasteiger partial charge on any atom is 0.192 e. The van der Waals surface area contributed by atoms with Gasteiger partial charge >= 0.3 is 0 Å². The van der Waals surface area contributed by atoms with Crippen molar-refractivity contribution in [2.75, 3.05) is 0 Å². The number of oxazole rings is 1. The Labute approximate surface area is 70.8 Å². The highest BCUT2D eigenvalue weighted by Crippen LogP contribution is 2.13. The number of hydrogen-bond acceptors (Lipinski definition) is 3. The second-order valence-electron chi connectivity index (χ2n) is 2.86. The molecule has 2 heterocycles. The van der Waals surface area contributed by atoms with Gasteiger partial charge in [-0.1, -0.05) is 6.08 Å². The summed E-state index contributed by atoms with van der Waals surface area (Å²) in [5.74, 6) is 1.44. The van der Waals surface area contributed by atoms with Gasteiger partial charge in [0.1, 0.15) is 5.69 Å². The molecule has 62 valence electrons. The molecule has 0 radical (unpaired) electrons. The van der Waals surface area contributed by atoms with Crippen LogP contribution in [-0.4, -0.2) is 17.2 Å². The quantitative estimate of drug-likeness (QED) is 0.583. The lowest BCUT2D eigenvalue weighted by Gasteiger charge is -1.91. The molecule has 0 fully saturated rings. The van der Waals surface area contributed by atoms with E-state index in [0.29, 0.717) is 5.89 Å². The fourth-order valence-corrected chi connectivity index (χ4v) is 1.14. The van der Waals surface area contributed by atoms with Crippen LogP contribution >= 0.6 is 0 Å². The average molecular weight is 162 g/mol. The van der Waals surface area contributed by atoms with Crippen LogP contribution in [-0.2, 0) is 0 Å². The molecular weight excluding hydrogens is 152 g/mol. The van der Waals surface area contributed by atoms with Gasteiger partial charge in [0.25, 0.3) is 0 Å². The van der Waals surface area contributed by atoms with E-state index in [1.165, 1.54) is 0 Å². The van der Waals surface area contributed by atoms with Gasteiger partial charge in [-0.3, -0.25) is 4.99 Å². The lowest BCUT2D eigenvalue weighted by molar-refractivity contribution is 0.515. The van der Waals surface area contributed by atoms with Crippen molar-refractivity contribution in [3.8, 4) is 0 Å². The summed E-state index contributed by atoms with van der Waals surface area (Å²) in [7, 11) is 0. The molecule has 1 aliphatic rings. The van der Waals surface area contributed by atoms with Crippen LogP contribution in [0.15, 0.2) is 15.5 Å². The first-order valence-electron chi connectivity index (χ1n) is 3.94. The smallest absolute Gasteiger partial charge is 0.192 e. The molecule has 12 heavy (non-hydrogen) atoms. The average Bonchev–Trinajstić information content (AvgIpc) is 2.31. The lowest BCUT2D eigenvalue weighted by atomic mass is 10.3. The first-order chi connectivity index (χ1) is 5.75. The number of fused-ring (bicyclic) bond motifs is 1. The monoisotopic (exact) mass is 162 g/mol. The zero-order chi connectivity index (χ0) is 8.55. The summed E-state index contributed by atoms with van der Waals surface area (Å²) in [6.45, 7) is 3.85. The van der Waals surface area contributed by atoms with Crippen molar-refractivity contribution in [2.24, 2.45) is 4.99 Å². The molecule has 0 spiro atoms. The van der Waals surface area contributed by atoms with E-state index in [4.69, 9.17) is 4.42 Å². The van der Waals surface area contributed by atoms with E-state index in [2.05, 4.69) is 9.98 Å². The number of hydrogen-bond donors (Lipinski definition) is 0. The molecule has 1 atom stereocenters. The molecule has 0 saturated carbocycles. The molecule has 0 saturated heterocycles. The third-order valence-corrected chi connectivity index (χ3v) is 1.75. The molecule has 1 unspecified atom stereocenters. The summed E-state index contributed by atoms with van der Waals surface area (Å²) in [5, 5.41) is 0. The zero-order valence-corrected chi connectivity index (χ0v) is 7.11. The number of nitrogens with zero attached hydrogens (tertiary/aromatic N) is 2. The standard InChI is InChI=1S/C9H10N2O/c1-6-3-4-8-9(5-10-6)12-7(2)11-8/h3-6H,1-2H3. The second-order valence-corrected chi connectivity index (χ2v) is 2.86. The molecule has 0 amide bonds. The van der Waals surface area contributed by atoms with Gasteiger partial charge in [0.2, 0.25) is 0 Å². The molecule has 0 aromatic carbocycles. The first-order valence-corrected chi connectivity index (χ1v) is 3.94. The van der Waals surface area contributed by atoms with Crippen molar-refractivity contribution in [1.29, 1.82) is 0 Å². The van der Waals surface area contributed by atoms with Gasteiger partial charge in [-0.05, 0) is 13.0 Å². The topological polar surface area (TPSA) is 38.4 Å². The van der Waals surface area contributed by atoms with Crippen LogP contribution in [0.1, 0.15) is 24.3 Å². The molecule has 3 heteroatoms. The van der Waals surface area contributed by atoms with Crippen LogP contribution in [0.25, 0.3) is 6.08 Å². The molecule has 1 aromatic rings. The number of rotatable bonds is 0. The van der Waals surface area contributed by atoms with Gasteiger partial charge in [0.05, 0.1) is 12.3 Å². The fourth-order valence-electron chi connectivity index (χ4n) is 1.14. The van der Waals surface area contributed by atoms with Gasteiger partial charge in [-0.15, -0.1) is 0 Å². The minimum absolute atomic E-state index is 0.217. The summed E-state index contributed by atoms with van der Waals surface area (Å²) in [6, 6.07) is 0.217. The summed E-state index contributed by atoms with van der Waals surface area (Å²) in [6.07, 6.45) is 5.69. The molecule has 0 aliphatic carbocycles. The normalized spacial score (nSPS) is 20.7. The Balaban J connectivity index is 2.49. The predicted molar refractivity (Wildman–Crippen MR) is 47.3 cm³/mol. The van der Waals surface area contributed by atoms with E-state index >= 15 is 0 Å². The highest BCUT2D eigenvalue weighted by molar-refractivity contribution is 5.82. The van der Waals surface area contributed by atoms with Gasteiger partial charge in [0, 0.05) is 6.92 Å². The Bertz CT molecular complexity index is 318. The fraction of sp³-hybridized carbons (Fsp3) is 0.333. The minimum atomic E-state index is 0.217. The van der Waals surface area contributed by atoms with E-state index in [-0.39, 0.29) is 6.04 Å². The van der Waals surface area contributed by atoms with Crippen molar-refractivity contribution in [2.45, 2.75) is 19.9 Å². The predicted octanol–water partition coefficient (Wildman–Crippen LogP) is 1.82. The maximum atomic E-state index is 5.32. The highest BCUT2D eigenvalue weighted by Gasteiger charge is 2.08. The molecule has 0 bridgehead atoms. The van der Waals surface area contributed by atoms with E-state index < -0.39 is 0 Å². The summed E-state index contributed by atoms with van der Waals surface area (Å²) >= 11 is 0. The summed E-state index contributed by atoms with van der Waals surface area (Å²) in [4.78, 5) is 8.43. The Hall–Kier alpha value is -1.38. The Morgan fingerprint density at radius 2 is 2.33 bits per heavy atom. The Morgan fingerprint density at radius 3 is 3.17 bits per heavy atom. The number of aromatic nitrogens is 1. The molecule has 1 aliphatic heterocycles. The van der Waals surface area contributed by atoms with Crippen LogP contribution < -0.4 is 0 Å². The third kappa shape index (κ3) is 1.18. The largest absolute Gasteiger partial charge is 0.439 e. The minimum Gasteiger partial charge on any atom is -0.439 e. The van der Waals surface area contributed by atoms with Gasteiger partial charge in [-0.2, -0.15) is 0 Å². The van der Waals surface area contributed by atoms with Gasteiger partial charge in [0.15, 0.2) is 11.7 Å². The van der Waals surface area contributed by atoms with Crippen LogP contribution in [0.3, 0.4) is 0 Å². The molecule has 0 N–H and O–H groups in total. The van der Waals surface area contributed by atoms with Gasteiger partial charge < -0.3 is 4.42 Å². The van der Waals surface area contributed by atoms with E-state index in [9.17, 15) is 0 Å². The summed E-state index contributed by atoms with van der Waals surface area (Å²) in [5.41, 5.74) is 0.876. The zero-order valence-electron chi connectivity index (χ0n) is 7.11. The Morgan fingerprint density at radius 1 is 1.50 bits per heavy atom. The number of aliphatic imine (C=N–C) groups is 1. The van der Waals surface area contributed by atoms with Crippen LogP contribution in [0.2, 0.25) is 0 Å². The Kier molecular flexibility index (Phi) is 1.57. The van der Waals surface area contributed by atoms with Crippen LogP contribution in [0.5, 0.6) is 0 Å². The summed E-state index contributed by atoms with van der Waals surface area (Å²) < 4.78 is 5.32. The number of aryl methyl sites for hydroxylation is 1. The van der Waals surface area contributed by atoms with E-state index in [1.807, 2.05) is 26.0 Å². The van der Waals surface area contributed by atoms with E-state index in [0.717, 1.165) is 11.5 Å². The highest BCUT2D eigenvalue weighted by atomic mass is 16.4. The molecule has 3 nitrogen and oxygen atoms in total. The molecule has 1 aromatic heterocycles. The molecule has 2 rings (SSSR count). The second kappa shape index (κ2) is 2.59. The third-order valence-electron chi connectivity index (χ3n) is 1.75. The van der Waals surface area contributed by atoms with Crippen molar-refractivity contribution in [1.82, 2.24) is 4.98 Å². The van der Waals surface area contributed by atoms with Crippen molar-refractivity contribution >= 4 is 12.3 Å². The SMILES string of the molecule is Cc1nc2c(o1)C=NC(C)C=C2. The van der Waals surface area contributed by atoms with Crippen molar-refractivity contribution in [3.05, 3.63) is 23.4 Å². The van der Waals surface area contributed by atoms with E-state index in [1.54, 1.807) is 6.21 Å². The maximum absolute atomic E-state index is 5.32. The first kappa shape index (κ1) is 7.28.